The van der Waals surface area contributed by atoms with Gasteiger partial charge in [-0.3, -0.25) is 5.10 Å². The molecule has 3 heterocycles. The number of likely N-dealkylation sites (tertiary alicyclic amines) is 1. The SMILES string of the molecule is Cc1nc([C@H]2CCCN(C(=O)Nc3ccc(C#N)nc3)C2)n[nH]1. The molecule has 2 aromatic heterocycles. The van der Waals surface area contributed by atoms with E-state index in [9.17, 15) is 4.79 Å². The number of aromatic amines is 1. The highest BCUT2D eigenvalue weighted by Gasteiger charge is 2.27. The molecule has 0 aliphatic carbocycles. The summed E-state index contributed by atoms with van der Waals surface area (Å²) in [7, 11) is 0. The Bertz CT molecular complexity index is 731. The Kier molecular flexibility index (Phi) is 4.19. The number of nitrogens with zero attached hydrogens (tertiary/aromatic N) is 5. The number of pyridine rings is 1. The lowest BCUT2D eigenvalue weighted by atomic mass is 9.98. The molecule has 1 saturated heterocycles. The number of nitriles is 1. The second-order valence-corrected chi connectivity index (χ2v) is 5.54. The molecule has 0 spiro atoms. The van der Waals surface area contributed by atoms with Crippen molar-refractivity contribution in [3.8, 4) is 6.07 Å². The van der Waals surface area contributed by atoms with E-state index in [2.05, 4.69) is 25.5 Å². The van der Waals surface area contributed by atoms with Gasteiger partial charge in [-0.1, -0.05) is 0 Å². The van der Waals surface area contributed by atoms with Gasteiger partial charge in [0.2, 0.25) is 0 Å². The van der Waals surface area contributed by atoms with Crippen LogP contribution in [0.25, 0.3) is 0 Å². The monoisotopic (exact) mass is 311 g/mol. The number of aromatic nitrogens is 4. The van der Waals surface area contributed by atoms with Crippen molar-refractivity contribution in [3.05, 3.63) is 35.7 Å². The number of urea groups is 1. The summed E-state index contributed by atoms with van der Waals surface area (Å²) < 4.78 is 0. The average molecular weight is 311 g/mol. The van der Waals surface area contributed by atoms with Crippen LogP contribution < -0.4 is 5.32 Å². The number of hydrogen-bond acceptors (Lipinski definition) is 5. The van der Waals surface area contributed by atoms with E-state index >= 15 is 0 Å². The van der Waals surface area contributed by atoms with E-state index in [4.69, 9.17) is 5.26 Å². The Balaban J connectivity index is 1.63. The van der Waals surface area contributed by atoms with Crippen molar-refractivity contribution in [2.45, 2.75) is 25.7 Å². The number of aryl methyl sites for hydroxylation is 1. The van der Waals surface area contributed by atoms with E-state index in [1.807, 2.05) is 13.0 Å². The first-order valence-electron chi connectivity index (χ1n) is 7.46. The third-order valence-corrected chi connectivity index (χ3v) is 3.82. The van der Waals surface area contributed by atoms with Gasteiger partial charge in [0.05, 0.1) is 11.9 Å². The second kappa shape index (κ2) is 6.44. The lowest BCUT2D eigenvalue weighted by Crippen LogP contribution is -2.41. The molecule has 23 heavy (non-hydrogen) atoms. The molecule has 0 bridgehead atoms. The summed E-state index contributed by atoms with van der Waals surface area (Å²) in [5.74, 6) is 1.70. The van der Waals surface area contributed by atoms with Gasteiger partial charge in [0.15, 0.2) is 5.82 Å². The van der Waals surface area contributed by atoms with Crippen LogP contribution in [0.2, 0.25) is 0 Å². The van der Waals surface area contributed by atoms with Crippen LogP contribution in [0.1, 0.15) is 36.1 Å². The number of carbonyl (C=O) groups is 1. The largest absolute Gasteiger partial charge is 0.324 e. The number of H-pyrrole nitrogens is 1. The van der Waals surface area contributed by atoms with Gasteiger partial charge in [-0.2, -0.15) is 10.4 Å². The molecule has 2 N–H and O–H groups in total. The molecule has 1 aliphatic heterocycles. The molecule has 1 fully saturated rings. The molecular weight excluding hydrogens is 294 g/mol. The normalized spacial score (nSPS) is 17.6. The third kappa shape index (κ3) is 3.45. The summed E-state index contributed by atoms with van der Waals surface area (Å²) in [5.41, 5.74) is 0.894. The minimum absolute atomic E-state index is 0.151. The number of anilines is 1. The van der Waals surface area contributed by atoms with Crippen LogP contribution >= 0.6 is 0 Å². The van der Waals surface area contributed by atoms with Gasteiger partial charge in [-0.25, -0.2) is 14.8 Å². The Labute approximate surface area is 133 Å². The van der Waals surface area contributed by atoms with E-state index in [1.54, 1.807) is 17.0 Å². The molecule has 2 aromatic rings. The van der Waals surface area contributed by atoms with Crippen LogP contribution in [0.5, 0.6) is 0 Å². The highest BCUT2D eigenvalue weighted by atomic mass is 16.2. The van der Waals surface area contributed by atoms with Crippen LogP contribution in [0.3, 0.4) is 0 Å². The summed E-state index contributed by atoms with van der Waals surface area (Å²) in [6.45, 7) is 3.16. The van der Waals surface area contributed by atoms with Gasteiger partial charge in [0.25, 0.3) is 0 Å². The first-order chi connectivity index (χ1) is 11.2. The van der Waals surface area contributed by atoms with E-state index in [1.165, 1.54) is 6.20 Å². The molecule has 118 valence electrons. The van der Waals surface area contributed by atoms with E-state index < -0.39 is 0 Å². The maximum absolute atomic E-state index is 12.4. The molecule has 0 unspecified atom stereocenters. The summed E-state index contributed by atoms with van der Waals surface area (Å²) in [5, 5.41) is 18.6. The molecule has 0 radical (unpaired) electrons. The van der Waals surface area contributed by atoms with Crippen molar-refractivity contribution < 1.29 is 4.79 Å². The van der Waals surface area contributed by atoms with Gasteiger partial charge < -0.3 is 10.2 Å². The fraction of sp³-hybridized carbons (Fsp3) is 0.400. The zero-order chi connectivity index (χ0) is 16.2. The maximum atomic E-state index is 12.4. The smallest absolute Gasteiger partial charge is 0.321 e. The lowest BCUT2D eigenvalue weighted by Gasteiger charge is -2.31. The quantitative estimate of drug-likeness (QED) is 0.878. The van der Waals surface area contributed by atoms with E-state index in [0.717, 1.165) is 24.5 Å². The fourth-order valence-electron chi connectivity index (χ4n) is 2.65. The highest BCUT2D eigenvalue weighted by molar-refractivity contribution is 5.89. The summed E-state index contributed by atoms with van der Waals surface area (Å²) in [6.07, 6.45) is 3.37. The number of amides is 2. The van der Waals surface area contributed by atoms with Gasteiger partial charge in [0, 0.05) is 19.0 Å². The molecule has 8 nitrogen and oxygen atoms in total. The van der Waals surface area contributed by atoms with Crippen molar-refractivity contribution >= 4 is 11.7 Å². The van der Waals surface area contributed by atoms with Crippen LogP contribution in [-0.2, 0) is 0 Å². The Morgan fingerprint density at radius 1 is 1.52 bits per heavy atom. The predicted octanol–water partition coefficient (Wildman–Crippen LogP) is 1.79. The number of carbonyl (C=O) groups excluding carboxylic acids is 1. The van der Waals surface area contributed by atoms with Crippen molar-refractivity contribution in [2.24, 2.45) is 0 Å². The number of piperidine rings is 1. The zero-order valence-electron chi connectivity index (χ0n) is 12.8. The summed E-state index contributed by atoms with van der Waals surface area (Å²) in [6, 6.07) is 5.02. The van der Waals surface area contributed by atoms with Crippen molar-refractivity contribution in [1.29, 1.82) is 5.26 Å². The average Bonchev–Trinajstić information content (AvgIpc) is 3.02. The maximum Gasteiger partial charge on any atom is 0.321 e. The Morgan fingerprint density at radius 2 is 2.39 bits per heavy atom. The zero-order valence-corrected chi connectivity index (χ0v) is 12.8. The summed E-state index contributed by atoms with van der Waals surface area (Å²) in [4.78, 5) is 22.4. The summed E-state index contributed by atoms with van der Waals surface area (Å²) >= 11 is 0. The van der Waals surface area contributed by atoms with E-state index in [0.29, 0.717) is 24.5 Å². The molecule has 0 saturated carbocycles. The molecule has 3 rings (SSSR count). The molecule has 0 aromatic carbocycles. The third-order valence-electron chi connectivity index (χ3n) is 3.82. The van der Waals surface area contributed by atoms with Gasteiger partial charge in [-0.05, 0) is 31.9 Å². The number of hydrogen-bond donors (Lipinski definition) is 2. The molecular formula is C15H17N7O. The van der Waals surface area contributed by atoms with E-state index in [-0.39, 0.29) is 11.9 Å². The Morgan fingerprint density at radius 3 is 3.04 bits per heavy atom. The van der Waals surface area contributed by atoms with Gasteiger partial charge >= 0.3 is 6.03 Å². The number of nitrogens with one attached hydrogen (secondary N) is 2. The highest BCUT2D eigenvalue weighted by Crippen LogP contribution is 2.24. The number of rotatable bonds is 2. The van der Waals surface area contributed by atoms with Gasteiger partial charge in [0.1, 0.15) is 17.6 Å². The first kappa shape index (κ1) is 15.0. The minimum atomic E-state index is -0.173. The van der Waals surface area contributed by atoms with Crippen LogP contribution in [-0.4, -0.2) is 44.2 Å². The van der Waals surface area contributed by atoms with Gasteiger partial charge in [-0.15, -0.1) is 0 Å². The van der Waals surface area contributed by atoms with Crippen LogP contribution in [0, 0.1) is 18.3 Å². The fourth-order valence-corrected chi connectivity index (χ4v) is 2.65. The standard InChI is InChI=1S/C15H17N7O/c1-10-18-14(21-20-10)11-3-2-6-22(9-11)15(23)19-13-5-4-12(7-16)17-8-13/h4-5,8,11H,2-3,6,9H2,1H3,(H,19,23)(H,18,20,21)/t11-/m0/s1. The topological polar surface area (TPSA) is 111 Å². The molecule has 1 aliphatic rings. The van der Waals surface area contributed by atoms with Crippen LogP contribution in [0.4, 0.5) is 10.5 Å². The second-order valence-electron chi connectivity index (χ2n) is 5.54. The Hall–Kier alpha value is -2.95. The minimum Gasteiger partial charge on any atom is -0.324 e. The molecule has 1 atom stereocenters. The van der Waals surface area contributed by atoms with Crippen molar-refractivity contribution in [3.63, 3.8) is 0 Å². The predicted molar refractivity (Wildman–Crippen MR) is 82.6 cm³/mol. The lowest BCUT2D eigenvalue weighted by molar-refractivity contribution is 0.191. The first-order valence-corrected chi connectivity index (χ1v) is 7.46. The molecule has 2 amide bonds. The van der Waals surface area contributed by atoms with Crippen LogP contribution in [0.15, 0.2) is 18.3 Å². The molecule has 8 heteroatoms. The van der Waals surface area contributed by atoms with Crippen molar-refractivity contribution in [2.75, 3.05) is 18.4 Å². The van der Waals surface area contributed by atoms with Crippen molar-refractivity contribution in [1.82, 2.24) is 25.1 Å².